The molecule has 0 radical (unpaired) electrons. The van der Waals surface area contributed by atoms with Crippen LogP contribution in [0, 0.1) is 0 Å². The lowest BCUT2D eigenvalue weighted by Gasteiger charge is -2.29. The van der Waals surface area contributed by atoms with Crippen LogP contribution in [-0.2, 0) is 18.4 Å². The summed E-state index contributed by atoms with van der Waals surface area (Å²) in [5, 5.41) is 13.9. The first kappa shape index (κ1) is 63.0. The van der Waals surface area contributed by atoms with E-state index < -0.39 is 20.0 Å². The van der Waals surface area contributed by atoms with Gasteiger partial charge in [-0.25, -0.2) is 0 Å². The maximum Gasteiger partial charge on any atom is 0.268 e. The first-order valence-corrected chi connectivity index (χ1v) is 29.2. The van der Waals surface area contributed by atoms with Crippen molar-refractivity contribution in [3.63, 3.8) is 0 Å². The third kappa shape index (κ3) is 48.9. The summed E-state index contributed by atoms with van der Waals surface area (Å²) in [5.41, 5.74) is 0. The van der Waals surface area contributed by atoms with Gasteiger partial charge in [0.2, 0.25) is 5.91 Å². The van der Waals surface area contributed by atoms with Crippen LogP contribution in [0.2, 0.25) is 0 Å². The second kappa shape index (κ2) is 47.1. The predicted molar refractivity (Wildman–Crippen MR) is 275 cm³/mol. The third-order valence-electron chi connectivity index (χ3n) is 12.7. The minimum Gasteiger partial charge on any atom is -0.756 e. The van der Waals surface area contributed by atoms with Crippen molar-refractivity contribution in [2.24, 2.45) is 0 Å². The molecule has 8 nitrogen and oxygen atoms in total. The number of hydrogen-bond acceptors (Lipinski definition) is 6. The number of phosphoric acid groups is 1. The van der Waals surface area contributed by atoms with Crippen molar-refractivity contribution < 1.29 is 32.9 Å². The van der Waals surface area contributed by atoms with Crippen molar-refractivity contribution in [3.05, 3.63) is 24.3 Å². The first-order valence-electron chi connectivity index (χ1n) is 27.7. The van der Waals surface area contributed by atoms with E-state index in [1.807, 2.05) is 27.2 Å². The van der Waals surface area contributed by atoms with Crippen molar-refractivity contribution in [1.29, 1.82) is 0 Å². The molecule has 0 heterocycles. The number of allylic oxidation sites excluding steroid dienone is 3. The molecule has 3 unspecified atom stereocenters. The maximum atomic E-state index is 12.9. The molecule has 2 N–H and O–H groups in total. The number of amides is 1. The highest BCUT2D eigenvalue weighted by atomic mass is 31.2. The summed E-state index contributed by atoms with van der Waals surface area (Å²) < 4.78 is 23.3. The number of quaternary nitrogens is 1. The van der Waals surface area contributed by atoms with Crippen LogP contribution in [-0.4, -0.2) is 68.5 Å². The molecule has 0 aliphatic rings. The molecule has 0 rings (SSSR count). The molecule has 0 aromatic heterocycles. The number of likely N-dealkylation sites (N-methyl/N-ethyl adjacent to an activating group) is 1. The van der Waals surface area contributed by atoms with Gasteiger partial charge in [0.05, 0.1) is 39.9 Å². The Morgan fingerprint density at radius 2 is 0.859 bits per heavy atom. The Bertz CT molecular complexity index is 1090. The number of carbonyl (C=O) groups excluding carboxylic acids is 1. The van der Waals surface area contributed by atoms with Crippen LogP contribution in [0.25, 0.3) is 0 Å². The van der Waals surface area contributed by atoms with Gasteiger partial charge in [-0.3, -0.25) is 9.36 Å². The summed E-state index contributed by atoms with van der Waals surface area (Å²) >= 11 is 0. The number of rotatable bonds is 51. The minimum absolute atomic E-state index is 0.000317. The monoisotopic (exact) mass is 925 g/mol. The molecule has 380 valence electrons. The molecular weight excluding hydrogens is 816 g/mol. The van der Waals surface area contributed by atoms with Gasteiger partial charge in [0, 0.05) is 6.42 Å². The number of unbranched alkanes of at least 4 members (excludes halogenated alkanes) is 36. The summed E-state index contributed by atoms with van der Waals surface area (Å²) in [6.07, 6.45) is 58.2. The van der Waals surface area contributed by atoms with Gasteiger partial charge in [0.1, 0.15) is 13.2 Å². The lowest BCUT2D eigenvalue weighted by atomic mass is 10.0. The van der Waals surface area contributed by atoms with E-state index in [2.05, 4.69) is 31.3 Å². The Balaban J connectivity index is 4.22. The van der Waals surface area contributed by atoms with E-state index in [4.69, 9.17) is 9.05 Å². The molecule has 0 aromatic rings. The zero-order chi connectivity index (χ0) is 47.1. The smallest absolute Gasteiger partial charge is 0.268 e. The fourth-order valence-corrected chi connectivity index (χ4v) is 8.99. The van der Waals surface area contributed by atoms with E-state index in [-0.39, 0.29) is 19.1 Å². The zero-order valence-corrected chi connectivity index (χ0v) is 44.1. The summed E-state index contributed by atoms with van der Waals surface area (Å²) in [5.74, 6) is -0.199. The molecule has 64 heavy (non-hydrogen) atoms. The van der Waals surface area contributed by atoms with E-state index >= 15 is 0 Å². The number of nitrogens with zero attached hydrogens (tertiary/aromatic N) is 1. The van der Waals surface area contributed by atoms with Gasteiger partial charge in [-0.15, -0.1) is 0 Å². The van der Waals surface area contributed by atoms with Gasteiger partial charge >= 0.3 is 0 Å². The predicted octanol–water partition coefficient (Wildman–Crippen LogP) is 15.8. The topological polar surface area (TPSA) is 108 Å². The van der Waals surface area contributed by atoms with Crippen LogP contribution < -0.4 is 10.2 Å². The van der Waals surface area contributed by atoms with E-state index in [1.165, 1.54) is 212 Å². The molecule has 1 amide bonds. The summed E-state index contributed by atoms with van der Waals surface area (Å²) in [7, 11) is 1.27. The SMILES string of the molecule is CCCCCCCC/C=C\CCCCCCCCCC(=O)NC(COP(=O)([O-])OCC[N+](C)(C)C)C(O)/C=C/CCCCCCCCCCCCCCCCCCCCCCCCC. The van der Waals surface area contributed by atoms with Crippen LogP contribution in [0.1, 0.15) is 271 Å². The van der Waals surface area contributed by atoms with E-state index in [0.717, 1.165) is 38.5 Å². The fraction of sp³-hybridized carbons (Fsp3) is 0.909. The number of phosphoric ester groups is 1. The molecule has 0 spiro atoms. The number of nitrogens with one attached hydrogen (secondary N) is 1. The van der Waals surface area contributed by atoms with Crippen LogP contribution in [0.3, 0.4) is 0 Å². The van der Waals surface area contributed by atoms with Gasteiger partial charge < -0.3 is 28.8 Å². The van der Waals surface area contributed by atoms with Gasteiger partial charge in [-0.05, 0) is 44.9 Å². The second-order valence-electron chi connectivity index (χ2n) is 20.3. The third-order valence-corrected chi connectivity index (χ3v) is 13.6. The highest BCUT2D eigenvalue weighted by molar-refractivity contribution is 7.45. The average Bonchev–Trinajstić information content (AvgIpc) is 3.25. The van der Waals surface area contributed by atoms with Gasteiger partial charge in [0.25, 0.3) is 7.82 Å². The lowest BCUT2D eigenvalue weighted by molar-refractivity contribution is -0.870. The van der Waals surface area contributed by atoms with Crippen LogP contribution in [0.15, 0.2) is 24.3 Å². The molecule has 0 fully saturated rings. The van der Waals surface area contributed by atoms with Crippen molar-refractivity contribution in [2.75, 3.05) is 40.9 Å². The Labute approximate surface area is 398 Å². The summed E-state index contributed by atoms with van der Waals surface area (Å²) in [6, 6.07) is -0.887. The van der Waals surface area contributed by atoms with Gasteiger partial charge in [-0.1, -0.05) is 244 Å². The van der Waals surface area contributed by atoms with Gasteiger partial charge in [0.15, 0.2) is 0 Å². The first-order chi connectivity index (χ1) is 31.0. The molecule has 0 bridgehead atoms. The van der Waals surface area contributed by atoms with E-state index in [1.54, 1.807) is 6.08 Å². The second-order valence-corrected chi connectivity index (χ2v) is 21.7. The number of aliphatic hydroxyl groups excluding tert-OH is 1. The Morgan fingerprint density at radius 3 is 1.22 bits per heavy atom. The van der Waals surface area contributed by atoms with E-state index in [9.17, 15) is 19.4 Å². The summed E-state index contributed by atoms with van der Waals surface area (Å²) in [6.45, 7) is 4.67. The minimum atomic E-state index is -4.59. The van der Waals surface area contributed by atoms with Crippen LogP contribution in [0.5, 0.6) is 0 Å². The molecule has 0 saturated heterocycles. The normalized spacial score (nSPS) is 14.2. The van der Waals surface area contributed by atoms with Crippen molar-refractivity contribution in [3.8, 4) is 0 Å². The fourth-order valence-electron chi connectivity index (χ4n) is 8.27. The largest absolute Gasteiger partial charge is 0.756 e. The Kier molecular flexibility index (Phi) is 46.3. The molecule has 3 atom stereocenters. The molecule has 0 saturated carbocycles. The van der Waals surface area contributed by atoms with Crippen LogP contribution >= 0.6 is 7.82 Å². The molecule has 0 aliphatic heterocycles. The Morgan fingerprint density at radius 1 is 0.531 bits per heavy atom. The van der Waals surface area contributed by atoms with Crippen molar-refractivity contribution in [1.82, 2.24) is 5.32 Å². The summed E-state index contributed by atoms with van der Waals surface area (Å²) in [4.78, 5) is 25.4. The zero-order valence-electron chi connectivity index (χ0n) is 43.3. The average molecular weight is 925 g/mol. The standard InChI is InChI=1S/C55H109N2O6P/c1-6-8-10-12-14-16-18-20-22-24-25-26-27-28-29-30-31-33-34-36-38-40-42-44-46-48-54(58)53(52-63-64(60,61)62-51-50-57(3,4)5)56-55(59)49-47-45-43-41-39-37-35-32-23-21-19-17-15-13-11-9-7-2/h21,23,46,48,53-54,58H,6-20,22,24-45,47,49-52H2,1-5H3,(H-,56,59,60,61)/b23-21-,48-46+. The maximum absolute atomic E-state index is 12.9. The molecule has 9 heteroatoms. The molecule has 0 aromatic carbocycles. The quantitative estimate of drug-likeness (QED) is 0.0272. The van der Waals surface area contributed by atoms with Crippen molar-refractivity contribution >= 4 is 13.7 Å². The molecule has 0 aliphatic carbocycles. The van der Waals surface area contributed by atoms with Gasteiger partial charge in [-0.2, -0.15) is 0 Å². The number of carbonyl (C=O) groups is 1. The number of aliphatic hydroxyl groups is 1. The lowest BCUT2D eigenvalue weighted by Crippen LogP contribution is -2.45. The molecular formula is C55H109N2O6P. The number of hydrogen-bond donors (Lipinski definition) is 2. The highest BCUT2D eigenvalue weighted by Crippen LogP contribution is 2.38. The van der Waals surface area contributed by atoms with Crippen molar-refractivity contribution in [2.45, 2.75) is 283 Å². The van der Waals surface area contributed by atoms with Crippen LogP contribution in [0.4, 0.5) is 0 Å². The highest BCUT2D eigenvalue weighted by Gasteiger charge is 2.23. The Hall–Kier alpha value is -1.02. The van der Waals surface area contributed by atoms with E-state index in [0.29, 0.717) is 17.4 Å².